The van der Waals surface area contributed by atoms with Gasteiger partial charge in [0.2, 0.25) is 5.13 Å². The van der Waals surface area contributed by atoms with Gasteiger partial charge in [-0.3, -0.25) is 10.1 Å². The van der Waals surface area contributed by atoms with Crippen LogP contribution in [0.1, 0.15) is 35.9 Å². The molecule has 0 aliphatic heterocycles. The van der Waals surface area contributed by atoms with Crippen LogP contribution in [0.5, 0.6) is 11.5 Å². The standard InChI is InChI=1S/C24H24N4O3S/c1-16(2)23-27-28-24(32-23)26-22(29)19(15-25)14-18-6-4-5-7-21(18)31-13-12-30-20-10-8-17(3)9-11-20/h4-11,14,16H,12-13H2,1-3H3,(H,26,28,29)/b19-14-. The number of benzene rings is 2. The number of carbonyl (C=O) groups excluding carboxylic acids is 1. The van der Waals surface area contributed by atoms with Gasteiger partial charge in [-0.2, -0.15) is 5.26 Å². The highest BCUT2D eigenvalue weighted by Gasteiger charge is 2.15. The van der Waals surface area contributed by atoms with Crippen LogP contribution in [-0.4, -0.2) is 29.3 Å². The number of hydrogen-bond donors (Lipinski definition) is 1. The van der Waals surface area contributed by atoms with Gasteiger partial charge in [-0.05, 0) is 31.2 Å². The van der Waals surface area contributed by atoms with Crippen LogP contribution in [-0.2, 0) is 4.79 Å². The number of anilines is 1. The second kappa shape index (κ2) is 11.1. The highest BCUT2D eigenvalue weighted by molar-refractivity contribution is 7.15. The lowest BCUT2D eigenvalue weighted by molar-refractivity contribution is -0.112. The summed E-state index contributed by atoms with van der Waals surface area (Å²) in [4.78, 5) is 12.6. The van der Waals surface area contributed by atoms with E-state index in [0.717, 1.165) is 16.3 Å². The predicted octanol–water partition coefficient (Wildman–Crippen LogP) is 4.97. The van der Waals surface area contributed by atoms with E-state index in [1.54, 1.807) is 12.1 Å². The predicted molar refractivity (Wildman–Crippen MR) is 125 cm³/mol. The van der Waals surface area contributed by atoms with Crippen LogP contribution in [0.3, 0.4) is 0 Å². The molecule has 1 aromatic heterocycles. The van der Waals surface area contributed by atoms with Crippen LogP contribution in [0.15, 0.2) is 54.1 Å². The van der Waals surface area contributed by atoms with Crippen molar-refractivity contribution in [3.63, 3.8) is 0 Å². The fraction of sp³-hybridized carbons (Fsp3) is 0.250. The molecule has 164 valence electrons. The number of para-hydroxylation sites is 1. The minimum Gasteiger partial charge on any atom is -0.490 e. The highest BCUT2D eigenvalue weighted by Crippen LogP contribution is 2.24. The molecule has 0 aliphatic rings. The Morgan fingerprint density at radius 1 is 1.12 bits per heavy atom. The van der Waals surface area contributed by atoms with Gasteiger partial charge in [0.05, 0.1) is 0 Å². The van der Waals surface area contributed by atoms with E-state index in [1.807, 2.05) is 63.2 Å². The molecule has 7 nitrogen and oxygen atoms in total. The molecule has 0 bridgehead atoms. The lowest BCUT2D eigenvalue weighted by Gasteiger charge is -2.11. The van der Waals surface area contributed by atoms with Crippen molar-refractivity contribution in [3.05, 3.63) is 70.2 Å². The van der Waals surface area contributed by atoms with Gasteiger partial charge in [0.15, 0.2) is 0 Å². The van der Waals surface area contributed by atoms with Crippen LogP contribution in [0, 0.1) is 18.3 Å². The molecule has 3 aromatic rings. The largest absolute Gasteiger partial charge is 0.490 e. The topological polar surface area (TPSA) is 97.1 Å². The number of carbonyl (C=O) groups is 1. The van der Waals surface area contributed by atoms with Gasteiger partial charge in [-0.1, -0.05) is 61.1 Å². The molecule has 3 rings (SSSR count). The fourth-order valence-corrected chi connectivity index (χ4v) is 3.40. The molecule has 0 spiro atoms. The minimum absolute atomic E-state index is 0.0572. The first-order chi connectivity index (χ1) is 15.5. The zero-order valence-electron chi connectivity index (χ0n) is 18.2. The van der Waals surface area contributed by atoms with E-state index in [0.29, 0.717) is 29.7 Å². The fourth-order valence-electron chi connectivity index (χ4n) is 2.66. The number of nitriles is 1. The normalized spacial score (nSPS) is 11.2. The van der Waals surface area contributed by atoms with Crippen molar-refractivity contribution in [3.8, 4) is 17.6 Å². The molecule has 2 aromatic carbocycles. The van der Waals surface area contributed by atoms with Gasteiger partial charge in [-0.25, -0.2) is 0 Å². The number of amides is 1. The number of hydrogen-bond acceptors (Lipinski definition) is 7. The second-order valence-electron chi connectivity index (χ2n) is 7.27. The molecule has 0 aliphatic carbocycles. The maximum Gasteiger partial charge on any atom is 0.268 e. The molecule has 0 radical (unpaired) electrons. The summed E-state index contributed by atoms with van der Waals surface area (Å²) in [6.07, 6.45) is 1.50. The zero-order chi connectivity index (χ0) is 22.9. The molecule has 1 amide bonds. The summed E-state index contributed by atoms with van der Waals surface area (Å²) in [7, 11) is 0. The summed E-state index contributed by atoms with van der Waals surface area (Å²) in [5, 5.41) is 21.3. The van der Waals surface area contributed by atoms with Gasteiger partial charge >= 0.3 is 0 Å². The molecular formula is C24H24N4O3S. The van der Waals surface area contributed by atoms with Crippen molar-refractivity contribution in [1.29, 1.82) is 5.26 Å². The molecule has 0 atom stereocenters. The Balaban J connectivity index is 1.63. The van der Waals surface area contributed by atoms with Crippen molar-refractivity contribution in [2.75, 3.05) is 18.5 Å². The van der Waals surface area contributed by atoms with Crippen LogP contribution in [0.4, 0.5) is 5.13 Å². The number of rotatable bonds is 9. The van der Waals surface area contributed by atoms with Crippen LogP contribution < -0.4 is 14.8 Å². The quantitative estimate of drug-likeness (QED) is 0.282. The van der Waals surface area contributed by atoms with E-state index in [9.17, 15) is 10.1 Å². The van der Waals surface area contributed by atoms with Crippen molar-refractivity contribution in [1.82, 2.24) is 10.2 Å². The van der Waals surface area contributed by atoms with Crippen LogP contribution >= 0.6 is 11.3 Å². The highest BCUT2D eigenvalue weighted by atomic mass is 32.1. The minimum atomic E-state index is -0.545. The van der Waals surface area contributed by atoms with E-state index >= 15 is 0 Å². The van der Waals surface area contributed by atoms with Crippen molar-refractivity contribution < 1.29 is 14.3 Å². The summed E-state index contributed by atoms with van der Waals surface area (Å²) < 4.78 is 11.5. The number of aromatic nitrogens is 2. The van der Waals surface area contributed by atoms with E-state index in [-0.39, 0.29) is 11.5 Å². The summed E-state index contributed by atoms with van der Waals surface area (Å²) in [5.41, 5.74) is 1.73. The Kier molecular flexibility index (Phi) is 7.95. The van der Waals surface area contributed by atoms with Gasteiger partial charge in [0, 0.05) is 11.5 Å². The average molecular weight is 449 g/mol. The van der Waals surface area contributed by atoms with Gasteiger partial charge in [0.1, 0.15) is 41.4 Å². The van der Waals surface area contributed by atoms with Gasteiger partial charge in [0.25, 0.3) is 5.91 Å². The third-order valence-corrected chi connectivity index (χ3v) is 5.51. The third kappa shape index (κ3) is 6.40. The van der Waals surface area contributed by atoms with Crippen LogP contribution in [0.25, 0.3) is 6.08 Å². The molecule has 1 N–H and O–H groups in total. The van der Waals surface area contributed by atoms with Crippen molar-refractivity contribution in [2.24, 2.45) is 0 Å². The maximum absolute atomic E-state index is 12.6. The first-order valence-corrected chi connectivity index (χ1v) is 11.0. The number of nitrogens with zero attached hydrogens (tertiary/aromatic N) is 3. The molecule has 1 heterocycles. The van der Waals surface area contributed by atoms with Crippen LogP contribution in [0.2, 0.25) is 0 Å². The smallest absolute Gasteiger partial charge is 0.268 e. The number of nitrogens with one attached hydrogen (secondary N) is 1. The number of ether oxygens (including phenoxy) is 2. The maximum atomic E-state index is 12.6. The van der Waals surface area contributed by atoms with Crippen molar-refractivity contribution >= 4 is 28.5 Å². The summed E-state index contributed by atoms with van der Waals surface area (Å²) in [6.45, 7) is 6.69. The van der Waals surface area contributed by atoms with E-state index < -0.39 is 5.91 Å². The zero-order valence-corrected chi connectivity index (χ0v) is 19.0. The Morgan fingerprint density at radius 2 is 1.84 bits per heavy atom. The molecule has 0 saturated carbocycles. The van der Waals surface area contributed by atoms with Gasteiger partial charge < -0.3 is 9.47 Å². The Morgan fingerprint density at radius 3 is 2.53 bits per heavy atom. The Bertz CT molecular complexity index is 1130. The first-order valence-electron chi connectivity index (χ1n) is 10.1. The summed E-state index contributed by atoms with van der Waals surface area (Å²) >= 11 is 1.29. The van der Waals surface area contributed by atoms with E-state index in [1.165, 1.54) is 17.4 Å². The second-order valence-corrected chi connectivity index (χ2v) is 8.28. The van der Waals surface area contributed by atoms with E-state index in [2.05, 4.69) is 15.5 Å². The summed E-state index contributed by atoms with van der Waals surface area (Å²) in [5.74, 6) is 0.992. The first kappa shape index (κ1) is 23.0. The van der Waals surface area contributed by atoms with Gasteiger partial charge in [-0.15, -0.1) is 10.2 Å². The molecule has 32 heavy (non-hydrogen) atoms. The molecule has 8 heteroatoms. The third-order valence-electron chi connectivity index (χ3n) is 4.37. The number of aryl methyl sites for hydroxylation is 1. The molecule has 0 fully saturated rings. The Hall–Kier alpha value is -3.70. The SMILES string of the molecule is Cc1ccc(OCCOc2ccccc2/C=C(/C#N)C(=O)Nc2nnc(C(C)C)s2)cc1. The molecule has 0 saturated heterocycles. The lowest BCUT2D eigenvalue weighted by Crippen LogP contribution is -2.13. The monoisotopic (exact) mass is 448 g/mol. The average Bonchev–Trinajstić information content (AvgIpc) is 3.26. The molecule has 0 unspecified atom stereocenters. The van der Waals surface area contributed by atoms with Crippen molar-refractivity contribution in [2.45, 2.75) is 26.7 Å². The lowest BCUT2D eigenvalue weighted by atomic mass is 10.1. The Labute approximate surface area is 191 Å². The molecular weight excluding hydrogens is 424 g/mol. The van der Waals surface area contributed by atoms with E-state index in [4.69, 9.17) is 9.47 Å². The summed E-state index contributed by atoms with van der Waals surface area (Å²) in [6, 6.07) is 16.9.